The Morgan fingerprint density at radius 2 is 2.14 bits per heavy atom. The minimum Gasteiger partial charge on any atom is -0.480 e. The Morgan fingerprint density at radius 3 is 2.71 bits per heavy atom. The second-order valence-electron chi connectivity index (χ2n) is 5.50. The van der Waals surface area contributed by atoms with Gasteiger partial charge in [-0.05, 0) is 53.7 Å². The smallest absolute Gasteiger partial charge is 0.329 e. The first-order chi connectivity index (χ1) is 9.91. The highest BCUT2D eigenvalue weighted by atomic mass is 79.9. The topological polar surface area (TPSA) is 79.5 Å². The first-order valence-electron chi connectivity index (χ1n) is 6.66. The van der Waals surface area contributed by atoms with Crippen LogP contribution in [0.2, 0.25) is 0 Å². The zero-order chi connectivity index (χ0) is 15.2. The summed E-state index contributed by atoms with van der Waals surface area (Å²) in [6.07, 6.45) is 1.63. The number of hydrogen-bond acceptors (Lipinski definition) is 3. The van der Waals surface area contributed by atoms with Crippen LogP contribution >= 0.6 is 15.9 Å². The summed E-state index contributed by atoms with van der Waals surface area (Å²) in [5, 5.41) is 12.8. The number of para-hydroxylation sites is 1. The van der Waals surface area contributed by atoms with Gasteiger partial charge in [0.25, 0.3) is 5.91 Å². The highest BCUT2D eigenvalue weighted by Gasteiger charge is 2.48. The van der Waals surface area contributed by atoms with Crippen LogP contribution in [-0.2, 0) is 4.79 Å². The molecule has 6 heteroatoms. The van der Waals surface area contributed by atoms with E-state index in [9.17, 15) is 14.7 Å². The summed E-state index contributed by atoms with van der Waals surface area (Å²) in [5.41, 5.74) is -0.668. The number of amides is 1. The van der Waals surface area contributed by atoms with Crippen LogP contribution < -0.4 is 5.32 Å². The van der Waals surface area contributed by atoms with E-state index in [1.54, 1.807) is 13.0 Å². The van der Waals surface area contributed by atoms with Gasteiger partial charge in [0.15, 0.2) is 5.76 Å². The fourth-order valence-electron chi connectivity index (χ4n) is 2.43. The standard InChI is InChI=1S/C15H14BrNO4/c1-15(14(19)20,9-5-6-9)17-13(18)11-7-8-3-2-4-10(16)12(8)21-11/h2-4,7,9H,5-6H2,1H3,(H,17,18)(H,19,20). The fourth-order valence-corrected chi connectivity index (χ4v) is 2.89. The molecule has 1 aliphatic carbocycles. The quantitative estimate of drug-likeness (QED) is 0.886. The average molecular weight is 352 g/mol. The molecule has 0 aliphatic heterocycles. The van der Waals surface area contributed by atoms with Gasteiger partial charge in [0.05, 0.1) is 4.47 Å². The van der Waals surface area contributed by atoms with Crippen molar-refractivity contribution < 1.29 is 19.1 Å². The molecule has 3 rings (SSSR count). The number of carboxylic acids is 1. The molecule has 21 heavy (non-hydrogen) atoms. The zero-order valence-electron chi connectivity index (χ0n) is 11.4. The second kappa shape index (κ2) is 4.87. The summed E-state index contributed by atoms with van der Waals surface area (Å²) in [6.45, 7) is 1.55. The molecular weight excluding hydrogens is 338 g/mol. The minimum atomic E-state index is -1.24. The summed E-state index contributed by atoms with van der Waals surface area (Å²) in [6, 6.07) is 7.11. The molecule has 1 unspecified atom stereocenters. The molecular formula is C15H14BrNO4. The summed E-state index contributed by atoms with van der Waals surface area (Å²) in [4.78, 5) is 23.7. The van der Waals surface area contributed by atoms with Crippen molar-refractivity contribution in [2.75, 3.05) is 0 Å². The number of furan rings is 1. The molecule has 1 atom stereocenters. The summed E-state index contributed by atoms with van der Waals surface area (Å²) in [7, 11) is 0. The Kier molecular flexibility index (Phi) is 3.28. The van der Waals surface area contributed by atoms with Crippen LogP contribution in [0.1, 0.15) is 30.3 Å². The van der Waals surface area contributed by atoms with E-state index in [0.717, 1.165) is 22.7 Å². The number of carboxylic acid groups (broad SMARTS) is 1. The maximum Gasteiger partial charge on any atom is 0.329 e. The normalized spacial score (nSPS) is 17.4. The third kappa shape index (κ3) is 2.44. The molecule has 110 valence electrons. The van der Waals surface area contributed by atoms with E-state index in [2.05, 4.69) is 21.2 Å². The third-order valence-corrected chi connectivity index (χ3v) is 4.56. The van der Waals surface area contributed by atoms with Crippen molar-refractivity contribution in [3.8, 4) is 0 Å². The molecule has 0 saturated heterocycles. The Hall–Kier alpha value is -1.82. The summed E-state index contributed by atoms with van der Waals surface area (Å²) >= 11 is 3.36. The van der Waals surface area contributed by atoms with Crippen molar-refractivity contribution in [1.82, 2.24) is 5.32 Å². The Balaban J connectivity index is 1.90. The lowest BCUT2D eigenvalue weighted by atomic mass is 9.96. The summed E-state index contributed by atoms with van der Waals surface area (Å²) in [5.74, 6) is -1.43. The van der Waals surface area contributed by atoms with E-state index in [-0.39, 0.29) is 11.7 Å². The van der Waals surface area contributed by atoms with Crippen molar-refractivity contribution in [3.05, 3.63) is 34.5 Å². The molecule has 1 aromatic heterocycles. The van der Waals surface area contributed by atoms with Crippen LogP contribution in [0.5, 0.6) is 0 Å². The van der Waals surface area contributed by atoms with E-state index >= 15 is 0 Å². The predicted molar refractivity (Wildman–Crippen MR) is 80.1 cm³/mol. The van der Waals surface area contributed by atoms with E-state index in [4.69, 9.17) is 4.42 Å². The number of aliphatic carboxylic acids is 1. The Morgan fingerprint density at radius 1 is 1.43 bits per heavy atom. The average Bonchev–Trinajstić information content (AvgIpc) is 3.18. The SMILES string of the molecule is CC(NC(=O)c1cc2cccc(Br)c2o1)(C(=O)O)C1CC1. The number of hydrogen-bond donors (Lipinski definition) is 2. The van der Waals surface area contributed by atoms with E-state index in [1.165, 1.54) is 0 Å². The van der Waals surface area contributed by atoms with Crippen molar-refractivity contribution in [2.45, 2.75) is 25.3 Å². The molecule has 1 saturated carbocycles. The van der Waals surface area contributed by atoms with Crippen LogP contribution in [0, 0.1) is 5.92 Å². The minimum absolute atomic E-state index is 0.0185. The largest absolute Gasteiger partial charge is 0.480 e. The van der Waals surface area contributed by atoms with Crippen molar-refractivity contribution in [1.29, 1.82) is 0 Å². The molecule has 1 aliphatic rings. The van der Waals surface area contributed by atoms with Crippen molar-refractivity contribution in [2.24, 2.45) is 5.92 Å². The van der Waals surface area contributed by atoms with Crippen LogP contribution in [-0.4, -0.2) is 22.5 Å². The number of fused-ring (bicyclic) bond motifs is 1. The van der Waals surface area contributed by atoms with Crippen molar-refractivity contribution in [3.63, 3.8) is 0 Å². The molecule has 1 heterocycles. The van der Waals surface area contributed by atoms with Gasteiger partial charge >= 0.3 is 5.97 Å². The van der Waals surface area contributed by atoms with Crippen molar-refractivity contribution >= 4 is 38.8 Å². The molecule has 0 radical (unpaired) electrons. The second-order valence-corrected chi connectivity index (χ2v) is 6.36. The van der Waals surface area contributed by atoms with E-state index in [1.807, 2.05) is 18.2 Å². The van der Waals surface area contributed by atoms with Crippen LogP contribution in [0.4, 0.5) is 0 Å². The number of nitrogens with one attached hydrogen (secondary N) is 1. The van der Waals surface area contributed by atoms with Gasteiger partial charge in [0.1, 0.15) is 11.1 Å². The molecule has 1 amide bonds. The molecule has 1 fully saturated rings. The predicted octanol–water partition coefficient (Wildman–Crippen LogP) is 3.18. The van der Waals surface area contributed by atoms with E-state index < -0.39 is 17.4 Å². The first kappa shape index (κ1) is 14.1. The molecule has 1 aromatic carbocycles. The van der Waals surface area contributed by atoms with Gasteiger partial charge in [0.2, 0.25) is 0 Å². The van der Waals surface area contributed by atoms with Gasteiger partial charge in [-0.25, -0.2) is 4.79 Å². The fraction of sp³-hybridized carbons (Fsp3) is 0.333. The van der Waals surface area contributed by atoms with Crippen LogP contribution in [0.15, 0.2) is 33.2 Å². The number of carbonyl (C=O) groups excluding carboxylic acids is 1. The highest BCUT2D eigenvalue weighted by Crippen LogP contribution is 2.40. The summed E-state index contributed by atoms with van der Waals surface area (Å²) < 4.78 is 6.29. The van der Waals surface area contributed by atoms with E-state index in [0.29, 0.717) is 5.58 Å². The molecule has 0 spiro atoms. The molecule has 0 bridgehead atoms. The Labute approximate surface area is 129 Å². The van der Waals surface area contributed by atoms with Gasteiger partial charge in [-0.15, -0.1) is 0 Å². The molecule has 2 aromatic rings. The maximum absolute atomic E-state index is 12.3. The lowest BCUT2D eigenvalue weighted by Crippen LogP contribution is -2.53. The molecule has 5 nitrogen and oxygen atoms in total. The number of halogens is 1. The number of rotatable bonds is 4. The van der Waals surface area contributed by atoms with Crippen LogP contribution in [0.3, 0.4) is 0 Å². The first-order valence-corrected chi connectivity index (χ1v) is 7.45. The van der Waals surface area contributed by atoms with Gasteiger partial charge in [-0.3, -0.25) is 4.79 Å². The maximum atomic E-state index is 12.3. The lowest BCUT2D eigenvalue weighted by Gasteiger charge is -2.25. The van der Waals surface area contributed by atoms with Gasteiger partial charge in [-0.1, -0.05) is 12.1 Å². The van der Waals surface area contributed by atoms with Crippen LogP contribution in [0.25, 0.3) is 11.0 Å². The highest BCUT2D eigenvalue weighted by molar-refractivity contribution is 9.10. The number of benzene rings is 1. The van der Waals surface area contributed by atoms with Gasteiger partial charge in [-0.2, -0.15) is 0 Å². The number of carbonyl (C=O) groups is 2. The Bertz CT molecular complexity index is 734. The van der Waals surface area contributed by atoms with Gasteiger partial charge < -0.3 is 14.8 Å². The zero-order valence-corrected chi connectivity index (χ0v) is 12.9. The third-order valence-electron chi connectivity index (χ3n) is 3.93. The monoisotopic (exact) mass is 351 g/mol. The lowest BCUT2D eigenvalue weighted by molar-refractivity contribution is -0.144. The van der Waals surface area contributed by atoms with Gasteiger partial charge in [0, 0.05) is 5.39 Å². The molecule has 2 N–H and O–H groups in total.